The van der Waals surface area contributed by atoms with Crippen molar-refractivity contribution in [3.8, 4) is 16.9 Å². The number of H-pyrrole nitrogens is 1. The van der Waals surface area contributed by atoms with E-state index in [2.05, 4.69) is 40.7 Å². The lowest BCUT2D eigenvalue weighted by molar-refractivity contribution is -0.153. The number of alkyl halides is 3. The van der Waals surface area contributed by atoms with Gasteiger partial charge in [-0.3, -0.25) is 14.6 Å². The smallest absolute Gasteiger partial charge is 0.422 e. The second kappa shape index (κ2) is 10.5. The van der Waals surface area contributed by atoms with E-state index in [-0.39, 0.29) is 17.4 Å². The number of aromatic nitrogens is 7. The lowest BCUT2D eigenvalue weighted by atomic mass is 10.1. The van der Waals surface area contributed by atoms with Crippen molar-refractivity contribution in [1.82, 2.24) is 34.7 Å². The van der Waals surface area contributed by atoms with Crippen LogP contribution in [0.3, 0.4) is 0 Å². The van der Waals surface area contributed by atoms with Gasteiger partial charge in [-0.2, -0.15) is 28.2 Å². The first-order valence-corrected chi connectivity index (χ1v) is 13.2. The van der Waals surface area contributed by atoms with Crippen molar-refractivity contribution in [2.24, 2.45) is 7.05 Å². The molecule has 1 atom stereocenters. The third kappa shape index (κ3) is 5.54. The Bertz CT molecular complexity index is 1910. The Morgan fingerprint density at radius 1 is 1.02 bits per heavy atom. The first kappa shape index (κ1) is 26.3. The number of hydrogen-bond acceptors (Lipinski definition) is 9. The van der Waals surface area contributed by atoms with Gasteiger partial charge in [0.25, 0.3) is 0 Å². The molecular weight excluding hydrogens is 558 g/mol. The van der Waals surface area contributed by atoms with Crippen LogP contribution in [0.2, 0.25) is 0 Å². The fourth-order valence-electron chi connectivity index (χ4n) is 4.29. The predicted molar refractivity (Wildman–Crippen MR) is 150 cm³/mol. The van der Waals surface area contributed by atoms with E-state index >= 15 is 0 Å². The predicted octanol–water partition coefficient (Wildman–Crippen LogP) is 5.11. The van der Waals surface area contributed by atoms with Gasteiger partial charge in [0.15, 0.2) is 6.61 Å². The highest BCUT2D eigenvalue weighted by Gasteiger charge is 2.29. The normalized spacial score (nSPS) is 12.0. The maximum absolute atomic E-state index is 13.0. The standard InChI is InChI=1S/C26H21F3N9O2P/c1-38-12-15(11-33-38)14-2-5-20(40-13-26(27,28)29)19(10-14)35-25-36-23-16(6-7-32-23)24(37-25)34-18-4-3-17-21(22(18)41-39)31-9-8-30-17/h2-12H,13,41H2,1H3,(H3,32,34,35,36,37). The van der Waals surface area contributed by atoms with Gasteiger partial charge in [-0.1, -0.05) is 6.07 Å². The van der Waals surface area contributed by atoms with Crippen molar-refractivity contribution in [1.29, 1.82) is 0 Å². The van der Waals surface area contributed by atoms with E-state index in [1.165, 1.54) is 12.3 Å². The first-order chi connectivity index (χ1) is 19.8. The van der Waals surface area contributed by atoms with Crippen molar-refractivity contribution in [2.45, 2.75) is 6.18 Å². The summed E-state index contributed by atoms with van der Waals surface area (Å²) in [4.78, 5) is 20.7. The maximum atomic E-state index is 13.0. The molecule has 1 unspecified atom stereocenters. The molecule has 2 aromatic carbocycles. The number of nitrogens with one attached hydrogen (secondary N) is 3. The Labute approximate surface area is 231 Å². The topological polar surface area (TPSA) is 136 Å². The molecule has 0 aliphatic heterocycles. The Hall–Kier alpha value is -4.97. The van der Waals surface area contributed by atoms with Gasteiger partial charge in [0.1, 0.15) is 22.7 Å². The van der Waals surface area contributed by atoms with E-state index in [0.29, 0.717) is 44.4 Å². The quantitative estimate of drug-likeness (QED) is 0.210. The molecule has 0 aliphatic rings. The van der Waals surface area contributed by atoms with Gasteiger partial charge in [-0.15, -0.1) is 0 Å². The van der Waals surface area contributed by atoms with E-state index < -0.39 is 21.2 Å². The average molecular weight is 579 g/mol. The van der Waals surface area contributed by atoms with Gasteiger partial charge in [0.2, 0.25) is 5.95 Å². The maximum Gasteiger partial charge on any atom is 0.422 e. The third-order valence-electron chi connectivity index (χ3n) is 6.12. The van der Waals surface area contributed by atoms with Crippen LogP contribution in [-0.2, 0) is 11.6 Å². The molecular formula is C26H21F3N9O2P. The Morgan fingerprint density at radius 2 is 1.88 bits per heavy atom. The Morgan fingerprint density at radius 3 is 2.66 bits per heavy atom. The van der Waals surface area contributed by atoms with E-state index in [0.717, 1.165) is 5.56 Å². The Kier molecular flexibility index (Phi) is 6.75. The molecule has 0 spiro atoms. The summed E-state index contributed by atoms with van der Waals surface area (Å²) in [5.74, 6) is 0.418. The van der Waals surface area contributed by atoms with Crippen molar-refractivity contribution in [3.63, 3.8) is 0 Å². The van der Waals surface area contributed by atoms with Crippen LogP contribution in [0.25, 0.3) is 33.2 Å². The molecule has 0 fully saturated rings. The largest absolute Gasteiger partial charge is 0.482 e. The van der Waals surface area contributed by atoms with Crippen LogP contribution < -0.4 is 20.7 Å². The minimum absolute atomic E-state index is 0.0370. The molecule has 0 amide bonds. The van der Waals surface area contributed by atoms with Crippen molar-refractivity contribution >= 4 is 59.0 Å². The highest BCUT2D eigenvalue weighted by atomic mass is 31.1. The monoisotopic (exact) mass is 579 g/mol. The number of halogens is 3. The number of ether oxygens (including phenoxy) is 1. The van der Waals surface area contributed by atoms with Gasteiger partial charge >= 0.3 is 6.18 Å². The second-order valence-electron chi connectivity index (χ2n) is 8.97. The van der Waals surface area contributed by atoms with Crippen LogP contribution in [0.5, 0.6) is 5.75 Å². The van der Waals surface area contributed by atoms with E-state index in [9.17, 15) is 17.7 Å². The molecule has 3 N–H and O–H groups in total. The van der Waals surface area contributed by atoms with Crippen LogP contribution in [0.1, 0.15) is 0 Å². The minimum atomic E-state index is -4.53. The lowest BCUT2D eigenvalue weighted by Gasteiger charge is -2.16. The summed E-state index contributed by atoms with van der Waals surface area (Å²) in [6, 6.07) is 10.00. The lowest BCUT2D eigenvalue weighted by Crippen LogP contribution is -2.19. The summed E-state index contributed by atoms with van der Waals surface area (Å²) < 4.78 is 57.9. The highest BCUT2D eigenvalue weighted by Crippen LogP contribution is 2.34. The zero-order chi connectivity index (χ0) is 28.6. The fourth-order valence-corrected chi connectivity index (χ4v) is 4.92. The fraction of sp³-hybridized carbons (Fsp3) is 0.115. The summed E-state index contributed by atoms with van der Waals surface area (Å²) >= 11 is 0. The zero-order valence-corrected chi connectivity index (χ0v) is 22.4. The molecule has 0 saturated heterocycles. The Balaban J connectivity index is 1.40. The molecule has 11 nitrogen and oxygen atoms in total. The summed E-state index contributed by atoms with van der Waals surface area (Å²) in [6.07, 6.45) is 3.66. The van der Waals surface area contributed by atoms with Crippen molar-refractivity contribution < 1.29 is 22.5 Å². The van der Waals surface area contributed by atoms with Crippen molar-refractivity contribution in [2.75, 3.05) is 17.2 Å². The second-order valence-corrected chi connectivity index (χ2v) is 9.79. The van der Waals surface area contributed by atoms with Gasteiger partial charge in [-0.05, 0) is 35.9 Å². The van der Waals surface area contributed by atoms with E-state index in [4.69, 9.17) is 4.74 Å². The molecule has 4 aromatic heterocycles. The molecule has 0 bridgehead atoms. The SMILES string of the molecule is Cn1cc(-c2ccc(OCC(F)(F)F)c(Nc3nc(Nc4ccc5nccnc5c4[PH2]=O)c4cc[nH]c4n3)c2)cn1. The number of hydrogen-bond donors (Lipinski definition) is 3. The van der Waals surface area contributed by atoms with Gasteiger partial charge < -0.3 is 24.9 Å². The number of fused-ring (bicyclic) bond motifs is 2. The molecule has 0 aliphatic carbocycles. The van der Waals surface area contributed by atoms with Gasteiger partial charge in [-0.25, -0.2) is 0 Å². The molecule has 208 valence electrons. The number of rotatable bonds is 8. The number of anilines is 4. The minimum Gasteiger partial charge on any atom is -0.482 e. The molecule has 4 heterocycles. The third-order valence-corrected chi connectivity index (χ3v) is 6.94. The van der Waals surface area contributed by atoms with Crippen LogP contribution in [-0.4, -0.2) is 47.5 Å². The van der Waals surface area contributed by atoms with Gasteiger partial charge in [0, 0.05) is 37.4 Å². The molecule has 0 radical (unpaired) electrons. The molecule has 15 heteroatoms. The van der Waals surface area contributed by atoms with Crippen LogP contribution >= 0.6 is 8.46 Å². The van der Waals surface area contributed by atoms with E-state index in [1.807, 2.05) is 0 Å². The van der Waals surface area contributed by atoms with Crippen molar-refractivity contribution in [3.05, 3.63) is 67.4 Å². The zero-order valence-electron chi connectivity index (χ0n) is 21.3. The number of nitrogens with zero attached hydrogens (tertiary/aromatic N) is 6. The van der Waals surface area contributed by atoms with Crippen LogP contribution in [0, 0.1) is 0 Å². The molecule has 6 aromatic rings. The number of aryl methyl sites for hydroxylation is 1. The number of benzene rings is 2. The summed E-state index contributed by atoms with van der Waals surface area (Å²) in [5.41, 5.74) is 3.78. The highest BCUT2D eigenvalue weighted by molar-refractivity contribution is 7.35. The van der Waals surface area contributed by atoms with Crippen LogP contribution in [0.4, 0.5) is 36.3 Å². The molecule has 41 heavy (non-hydrogen) atoms. The molecule has 0 saturated carbocycles. The summed E-state index contributed by atoms with van der Waals surface area (Å²) in [6.45, 7) is -1.47. The van der Waals surface area contributed by atoms with E-state index in [1.54, 1.807) is 66.8 Å². The van der Waals surface area contributed by atoms with Gasteiger partial charge in [0.05, 0.1) is 42.2 Å². The summed E-state index contributed by atoms with van der Waals surface area (Å²) in [5, 5.41) is 11.5. The summed E-state index contributed by atoms with van der Waals surface area (Å²) in [7, 11) is 0.392. The molecule has 6 rings (SSSR count). The first-order valence-electron chi connectivity index (χ1n) is 12.2. The number of aromatic amines is 1. The average Bonchev–Trinajstić information content (AvgIpc) is 3.61. The van der Waals surface area contributed by atoms with Crippen LogP contribution in [0.15, 0.2) is 67.4 Å².